The standard InChI is InChI=1S/C14H25N3O2S/c1-2-9-15-10-5-6-13-20(18,19)17-12-8-14-7-3-4-11-16-14/h3-4,7,11,15,17H,2,5-6,8-10,12-13H2,1H3. The van der Waals surface area contributed by atoms with Crippen molar-refractivity contribution in [3.63, 3.8) is 0 Å². The smallest absolute Gasteiger partial charge is 0.211 e. The number of pyridine rings is 1. The van der Waals surface area contributed by atoms with Crippen LogP contribution in [0.4, 0.5) is 0 Å². The first-order chi connectivity index (χ1) is 9.64. The van der Waals surface area contributed by atoms with E-state index in [0.717, 1.165) is 31.6 Å². The molecule has 0 unspecified atom stereocenters. The van der Waals surface area contributed by atoms with Gasteiger partial charge in [-0.3, -0.25) is 4.98 Å². The Kier molecular flexibility index (Phi) is 8.41. The second kappa shape index (κ2) is 9.85. The highest BCUT2D eigenvalue weighted by Gasteiger charge is 2.08. The lowest BCUT2D eigenvalue weighted by molar-refractivity contribution is 0.572. The third kappa shape index (κ3) is 8.24. The van der Waals surface area contributed by atoms with Gasteiger partial charge in [0.2, 0.25) is 10.0 Å². The number of rotatable bonds is 11. The van der Waals surface area contributed by atoms with Gasteiger partial charge in [-0.2, -0.15) is 0 Å². The summed E-state index contributed by atoms with van der Waals surface area (Å²) < 4.78 is 26.1. The topological polar surface area (TPSA) is 71.1 Å². The molecular weight excluding hydrogens is 274 g/mol. The molecule has 1 rings (SSSR count). The predicted octanol–water partition coefficient (Wildman–Crippen LogP) is 1.32. The maximum atomic E-state index is 11.8. The van der Waals surface area contributed by atoms with E-state index in [-0.39, 0.29) is 5.75 Å². The minimum Gasteiger partial charge on any atom is -0.317 e. The number of nitrogens with one attached hydrogen (secondary N) is 2. The zero-order valence-corrected chi connectivity index (χ0v) is 13.0. The van der Waals surface area contributed by atoms with Gasteiger partial charge in [0, 0.05) is 24.9 Å². The summed E-state index contributed by atoms with van der Waals surface area (Å²) >= 11 is 0. The van der Waals surface area contributed by atoms with Crippen LogP contribution in [0.3, 0.4) is 0 Å². The third-order valence-corrected chi connectivity index (χ3v) is 4.34. The summed E-state index contributed by atoms with van der Waals surface area (Å²) in [6.07, 6.45) is 5.02. The molecule has 20 heavy (non-hydrogen) atoms. The lowest BCUT2D eigenvalue weighted by Crippen LogP contribution is -2.29. The molecule has 0 aliphatic rings. The Bertz CT molecular complexity index is 449. The molecule has 0 aromatic carbocycles. The van der Waals surface area contributed by atoms with Crippen molar-refractivity contribution >= 4 is 10.0 Å². The molecule has 0 aliphatic heterocycles. The molecule has 0 atom stereocenters. The van der Waals surface area contributed by atoms with Crippen LogP contribution < -0.4 is 10.0 Å². The van der Waals surface area contributed by atoms with E-state index in [1.165, 1.54) is 0 Å². The van der Waals surface area contributed by atoms with Crippen LogP contribution in [0.5, 0.6) is 0 Å². The van der Waals surface area contributed by atoms with Crippen molar-refractivity contribution in [3.8, 4) is 0 Å². The Labute approximate surface area is 122 Å². The Morgan fingerprint density at radius 3 is 2.70 bits per heavy atom. The van der Waals surface area contributed by atoms with Crippen molar-refractivity contribution in [1.82, 2.24) is 15.0 Å². The monoisotopic (exact) mass is 299 g/mol. The number of unbranched alkanes of at least 4 members (excludes halogenated alkanes) is 1. The van der Waals surface area contributed by atoms with Gasteiger partial charge in [0.1, 0.15) is 0 Å². The normalized spacial score (nSPS) is 11.7. The van der Waals surface area contributed by atoms with Crippen molar-refractivity contribution in [3.05, 3.63) is 30.1 Å². The van der Waals surface area contributed by atoms with Crippen LogP contribution in [0, 0.1) is 0 Å². The molecule has 0 spiro atoms. The van der Waals surface area contributed by atoms with Crippen LogP contribution in [0.1, 0.15) is 31.9 Å². The SMILES string of the molecule is CCCNCCCCS(=O)(=O)NCCc1ccccn1. The molecule has 1 aromatic heterocycles. The first kappa shape index (κ1) is 17.1. The van der Waals surface area contributed by atoms with E-state index in [0.29, 0.717) is 19.4 Å². The summed E-state index contributed by atoms with van der Waals surface area (Å²) in [5.41, 5.74) is 0.902. The van der Waals surface area contributed by atoms with E-state index < -0.39 is 10.0 Å². The fourth-order valence-corrected chi connectivity index (χ4v) is 2.94. The zero-order valence-electron chi connectivity index (χ0n) is 12.1. The van der Waals surface area contributed by atoms with Crippen LogP contribution in [0.25, 0.3) is 0 Å². The highest BCUT2D eigenvalue weighted by molar-refractivity contribution is 7.89. The van der Waals surface area contributed by atoms with E-state index in [1.54, 1.807) is 6.20 Å². The molecule has 5 nitrogen and oxygen atoms in total. The quantitative estimate of drug-likeness (QED) is 0.605. The van der Waals surface area contributed by atoms with Gasteiger partial charge in [-0.1, -0.05) is 13.0 Å². The number of aromatic nitrogens is 1. The summed E-state index contributed by atoms with van der Waals surface area (Å²) in [7, 11) is -3.15. The summed E-state index contributed by atoms with van der Waals surface area (Å²) in [6, 6.07) is 5.65. The maximum absolute atomic E-state index is 11.8. The molecular formula is C14H25N3O2S. The average Bonchev–Trinajstić information content (AvgIpc) is 2.44. The van der Waals surface area contributed by atoms with E-state index in [2.05, 4.69) is 21.9 Å². The first-order valence-corrected chi connectivity index (χ1v) is 8.87. The minimum absolute atomic E-state index is 0.197. The fourth-order valence-electron chi connectivity index (χ4n) is 1.80. The van der Waals surface area contributed by atoms with Crippen LogP contribution in [0.2, 0.25) is 0 Å². The number of hydrogen-bond acceptors (Lipinski definition) is 4. The molecule has 6 heteroatoms. The highest BCUT2D eigenvalue weighted by Crippen LogP contribution is 1.97. The van der Waals surface area contributed by atoms with Gasteiger partial charge in [0.25, 0.3) is 0 Å². The van der Waals surface area contributed by atoms with Gasteiger partial charge in [0.05, 0.1) is 5.75 Å². The Hall–Kier alpha value is -0.980. The Balaban J connectivity index is 2.12. The summed E-state index contributed by atoms with van der Waals surface area (Å²) in [4.78, 5) is 4.16. The molecule has 0 bridgehead atoms. The Morgan fingerprint density at radius 1 is 1.15 bits per heavy atom. The molecule has 0 aliphatic carbocycles. The van der Waals surface area contributed by atoms with E-state index >= 15 is 0 Å². The van der Waals surface area contributed by atoms with Gasteiger partial charge >= 0.3 is 0 Å². The zero-order chi connectivity index (χ0) is 14.7. The van der Waals surface area contributed by atoms with Crippen LogP contribution in [-0.2, 0) is 16.4 Å². The lowest BCUT2D eigenvalue weighted by Gasteiger charge is -2.07. The summed E-state index contributed by atoms with van der Waals surface area (Å²) in [5, 5.41) is 3.26. The van der Waals surface area contributed by atoms with Crippen molar-refractivity contribution in [2.45, 2.75) is 32.6 Å². The van der Waals surface area contributed by atoms with E-state index in [4.69, 9.17) is 0 Å². The number of sulfonamides is 1. The third-order valence-electron chi connectivity index (χ3n) is 2.87. The predicted molar refractivity (Wildman–Crippen MR) is 82.1 cm³/mol. The maximum Gasteiger partial charge on any atom is 0.211 e. The van der Waals surface area contributed by atoms with Gasteiger partial charge < -0.3 is 5.32 Å². The lowest BCUT2D eigenvalue weighted by atomic mass is 10.3. The molecule has 1 aromatic rings. The molecule has 0 amide bonds. The molecule has 114 valence electrons. The average molecular weight is 299 g/mol. The molecule has 0 saturated carbocycles. The number of hydrogen-bond donors (Lipinski definition) is 2. The van der Waals surface area contributed by atoms with Crippen molar-refractivity contribution in [1.29, 1.82) is 0 Å². The molecule has 0 fully saturated rings. The fraction of sp³-hybridized carbons (Fsp3) is 0.643. The van der Waals surface area contributed by atoms with Crippen LogP contribution >= 0.6 is 0 Å². The highest BCUT2D eigenvalue weighted by atomic mass is 32.2. The van der Waals surface area contributed by atoms with E-state index in [9.17, 15) is 8.42 Å². The van der Waals surface area contributed by atoms with Crippen LogP contribution in [0.15, 0.2) is 24.4 Å². The minimum atomic E-state index is -3.15. The van der Waals surface area contributed by atoms with Gasteiger partial charge in [-0.25, -0.2) is 13.1 Å². The molecule has 1 heterocycles. The van der Waals surface area contributed by atoms with Gasteiger partial charge in [-0.15, -0.1) is 0 Å². The summed E-state index contributed by atoms with van der Waals surface area (Å²) in [6.45, 7) is 4.41. The first-order valence-electron chi connectivity index (χ1n) is 7.22. The molecule has 2 N–H and O–H groups in total. The van der Waals surface area contributed by atoms with Crippen LogP contribution in [-0.4, -0.2) is 38.8 Å². The number of nitrogens with zero attached hydrogens (tertiary/aromatic N) is 1. The summed E-state index contributed by atoms with van der Waals surface area (Å²) in [5.74, 6) is 0.197. The largest absolute Gasteiger partial charge is 0.317 e. The van der Waals surface area contributed by atoms with Gasteiger partial charge in [-0.05, 0) is 44.5 Å². The van der Waals surface area contributed by atoms with Crippen molar-refractivity contribution in [2.75, 3.05) is 25.4 Å². The second-order valence-corrected chi connectivity index (χ2v) is 6.67. The molecule has 0 saturated heterocycles. The van der Waals surface area contributed by atoms with Gasteiger partial charge in [0.15, 0.2) is 0 Å². The van der Waals surface area contributed by atoms with Crippen molar-refractivity contribution < 1.29 is 8.42 Å². The Morgan fingerprint density at radius 2 is 2.00 bits per heavy atom. The van der Waals surface area contributed by atoms with Crippen molar-refractivity contribution in [2.24, 2.45) is 0 Å². The van der Waals surface area contributed by atoms with E-state index in [1.807, 2.05) is 18.2 Å². The second-order valence-electron chi connectivity index (χ2n) is 4.74. The molecule has 0 radical (unpaired) electrons.